The van der Waals surface area contributed by atoms with Crippen LogP contribution in [-0.4, -0.2) is 30.6 Å². The fraction of sp³-hybridized carbons (Fsp3) is 0.158. The maximum atomic E-state index is 13.1. The van der Waals surface area contributed by atoms with Gasteiger partial charge in [-0.2, -0.15) is 0 Å². The lowest BCUT2D eigenvalue weighted by molar-refractivity contribution is -0.132. The summed E-state index contributed by atoms with van der Waals surface area (Å²) in [5.74, 6) is -2.17. The molecule has 0 saturated heterocycles. The van der Waals surface area contributed by atoms with Crippen LogP contribution < -0.4 is 14.2 Å². The van der Waals surface area contributed by atoms with Crippen LogP contribution in [0.1, 0.15) is 45.7 Å². The summed E-state index contributed by atoms with van der Waals surface area (Å²) in [5, 5.41) is 0. The van der Waals surface area contributed by atoms with E-state index < -0.39 is 23.5 Å². The van der Waals surface area contributed by atoms with E-state index in [-0.39, 0.29) is 39.5 Å². The molecule has 132 valence electrons. The first kappa shape index (κ1) is 17.3. The van der Waals surface area contributed by atoms with Gasteiger partial charge >= 0.3 is 11.9 Å². The predicted molar refractivity (Wildman–Crippen MR) is 88.9 cm³/mol. The number of ether oxygens (including phenoxy) is 3. The van der Waals surface area contributed by atoms with Gasteiger partial charge in [-0.05, 0) is 12.1 Å². The van der Waals surface area contributed by atoms with Crippen molar-refractivity contribution in [1.82, 2.24) is 0 Å². The highest BCUT2D eigenvalue weighted by Gasteiger charge is 2.36. The van der Waals surface area contributed by atoms with Gasteiger partial charge in [0.15, 0.2) is 5.78 Å². The zero-order valence-corrected chi connectivity index (χ0v) is 14.2. The normalized spacial score (nSPS) is 12.1. The first-order valence-corrected chi connectivity index (χ1v) is 7.64. The molecule has 0 amide bonds. The van der Waals surface area contributed by atoms with E-state index in [2.05, 4.69) is 0 Å². The molecule has 2 aromatic carbocycles. The van der Waals surface area contributed by atoms with Crippen molar-refractivity contribution in [2.45, 2.75) is 13.8 Å². The molecule has 7 nitrogen and oxygen atoms in total. The Morgan fingerprint density at radius 1 is 0.808 bits per heavy atom. The Labute approximate surface area is 148 Å². The van der Waals surface area contributed by atoms with E-state index in [4.69, 9.17) is 14.2 Å². The molecule has 3 rings (SSSR count). The Kier molecular flexibility index (Phi) is 4.29. The lowest BCUT2D eigenvalue weighted by Crippen LogP contribution is -2.24. The number of carbonyl (C=O) groups excluding carboxylic acids is 4. The minimum atomic E-state index is -0.653. The van der Waals surface area contributed by atoms with Gasteiger partial charge in [-0.1, -0.05) is 12.1 Å². The number of rotatable bonds is 3. The van der Waals surface area contributed by atoms with Crippen molar-refractivity contribution < 1.29 is 33.4 Å². The maximum absolute atomic E-state index is 13.1. The number of hydrogen-bond donors (Lipinski definition) is 0. The molecule has 0 fully saturated rings. The molecule has 1 aliphatic carbocycles. The molecule has 0 radical (unpaired) electrons. The standard InChI is InChI=1S/C19H14O7/c1-9(20)25-14-6-4-5-12-16(14)19(23)17-13(18(12)22)7-11(24-3)8-15(17)26-10(2)21/h4-8H,1-3H3. The average Bonchev–Trinajstić information content (AvgIpc) is 2.57. The Morgan fingerprint density at radius 3 is 2.04 bits per heavy atom. The van der Waals surface area contributed by atoms with Crippen LogP contribution in [-0.2, 0) is 9.59 Å². The second kappa shape index (κ2) is 6.44. The Morgan fingerprint density at radius 2 is 1.42 bits per heavy atom. The van der Waals surface area contributed by atoms with Crippen molar-refractivity contribution in [3.05, 3.63) is 52.6 Å². The van der Waals surface area contributed by atoms with E-state index in [9.17, 15) is 19.2 Å². The summed E-state index contributed by atoms with van der Waals surface area (Å²) in [4.78, 5) is 48.7. The Bertz CT molecular complexity index is 972. The second-order valence-corrected chi connectivity index (χ2v) is 5.57. The van der Waals surface area contributed by atoms with Crippen molar-refractivity contribution in [2.24, 2.45) is 0 Å². The highest BCUT2D eigenvalue weighted by molar-refractivity contribution is 6.30. The second-order valence-electron chi connectivity index (χ2n) is 5.57. The first-order chi connectivity index (χ1) is 12.3. The highest BCUT2D eigenvalue weighted by atomic mass is 16.5. The number of methoxy groups -OCH3 is 1. The first-order valence-electron chi connectivity index (χ1n) is 7.64. The summed E-state index contributed by atoms with van der Waals surface area (Å²) in [6.07, 6.45) is 0. The fourth-order valence-electron chi connectivity index (χ4n) is 2.82. The molecule has 7 heteroatoms. The molecule has 0 N–H and O–H groups in total. The summed E-state index contributed by atoms with van der Waals surface area (Å²) < 4.78 is 15.3. The summed E-state index contributed by atoms with van der Waals surface area (Å²) in [7, 11) is 1.39. The van der Waals surface area contributed by atoms with Crippen molar-refractivity contribution in [3.63, 3.8) is 0 Å². The van der Waals surface area contributed by atoms with Crippen LogP contribution in [0.4, 0.5) is 0 Å². The van der Waals surface area contributed by atoms with Crippen LogP contribution in [0.5, 0.6) is 17.2 Å². The molecule has 0 heterocycles. The van der Waals surface area contributed by atoms with Crippen LogP contribution in [0, 0.1) is 0 Å². The van der Waals surface area contributed by atoms with Gasteiger partial charge in [0.25, 0.3) is 0 Å². The summed E-state index contributed by atoms with van der Waals surface area (Å²) in [6.45, 7) is 2.37. The van der Waals surface area contributed by atoms with Gasteiger partial charge in [-0.15, -0.1) is 0 Å². The van der Waals surface area contributed by atoms with Crippen LogP contribution in [0.3, 0.4) is 0 Å². The number of esters is 2. The summed E-state index contributed by atoms with van der Waals surface area (Å²) in [5.41, 5.74) is 0.0400. The number of benzene rings is 2. The Balaban J connectivity index is 2.28. The van der Waals surface area contributed by atoms with Crippen molar-refractivity contribution in [3.8, 4) is 17.2 Å². The summed E-state index contributed by atoms with van der Waals surface area (Å²) >= 11 is 0. The fourth-order valence-corrected chi connectivity index (χ4v) is 2.82. The van der Waals surface area contributed by atoms with Gasteiger partial charge < -0.3 is 14.2 Å². The third kappa shape index (κ3) is 2.83. The predicted octanol–water partition coefficient (Wildman–Crippen LogP) is 2.32. The maximum Gasteiger partial charge on any atom is 0.308 e. The average molecular weight is 354 g/mol. The van der Waals surface area contributed by atoms with Crippen molar-refractivity contribution >= 4 is 23.5 Å². The van der Waals surface area contributed by atoms with Gasteiger partial charge in [0, 0.05) is 31.0 Å². The van der Waals surface area contributed by atoms with Crippen LogP contribution in [0.25, 0.3) is 0 Å². The van der Waals surface area contributed by atoms with Gasteiger partial charge in [-0.3, -0.25) is 19.2 Å². The number of fused-ring (bicyclic) bond motifs is 2. The Hall–Kier alpha value is -3.48. The lowest BCUT2D eigenvalue weighted by atomic mass is 9.83. The van der Waals surface area contributed by atoms with Crippen LogP contribution >= 0.6 is 0 Å². The highest BCUT2D eigenvalue weighted by Crippen LogP contribution is 2.39. The molecule has 0 bridgehead atoms. The molecule has 0 aromatic heterocycles. The van der Waals surface area contributed by atoms with Crippen molar-refractivity contribution in [2.75, 3.05) is 7.11 Å². The summed E-state index contributed by atoms with van der Waals surface area (Å²) in [6, 6.07) is 7.16. The molecule has 0 spiro atoms. The zero-order valence-electron chi connectivity index (χ0n) is 14.2. The van der Waals surface area contributed by atoms with Crippen molar-refractivity contribution in [1.29, 1.82) is 0 Å². The van der Waals surface area contributed by atoms with E-state index in [0.29, 0.717) is 0 Å². The quantitative estimate of drug-likeness (QED) is 0.526. The molecule has 0 saturated carbocycles. The van der Waals surface area contributed by atoms with E-state index in [1.807, 2.05) is 0 Å². The van der Waals surface area contributed by atoms with Crippen LogP contribution in [0.2, 0.25) is 0 Å². The van der Waals surface area contributed by atoms with E-state index in [0.717, 1.165) is 0 Å². The molecule has 26 heavy (non-hydrogen) atoms. The number of ketones is 2. The van der Waals surface area contributed by atoms with E-state index in [1.165, 1.54) is 51.3 Å². The molecular weight excluding hydrogens is 340 g/mol. The molecular formula is C19H14O7. The molecule has 0 aliphatic heterocycles. The van der Waals surface area contributed by atoms with Gasteiger partial charge in [0.2, 0.25) is 5.78 Å². The molecule has 0 unspecified atom stereocenters. The van der Waals surface area contributed by atoms with Crippen LogP contribution in [0.15, 0.2) is 30.3 Å². The van der Waals surface area contributed by atoms with Gasteiger partial charge in [-0.25, -0.2) is 0 Å². The van der Waals surface area contributed by atoms with Gasteiger partial charge in [0.05, 0.1) is 18.2 Å². The van der Waals surface area contributed by atoms with E-state index in [1.54, 1.807) is 0 Å². The smallest absolute Gasteiger partial charge is 0.308 e. The molecule has 2 aromatic rings. The number of carbonyl (C=O) groups is 4. The molecule has 0 atom stereocenters. The minimum Gasteiger partial charge on any atom is -0.497 e. The number of hydrogen-bond acceptors (Lipinski definition) is 7. The van der Waals surface area contributed by atoms with Gasteiger partial charge in [0.1, 0.15) is 17.2 Å². The lowest BCUT2D eigenvalue weighted by Gasteiger charge is -2.22. The SMILES string of the molecule is COc1cc(OC(C)=O)c2c(c1)C(=O)c1cccc(OC(C)=O)c1C2=O. The topological polar surface area (TPSA) is 96.0 Å². The third-order valence-electron chi connectivity index (χ3n) is 3.79. The largest absolute Gasteiger partial charge is 0.497 e. The monoisotopic (exact) mass is 354 g/mol. The minimum absolute atomic E-state index is 0.0245. The zero-order chi connectivity index (χ0) is 19.0. The van der Waals surface area contributed by atoms with E-state index >= 15 is 0 Å². The third-order valence-corrected chi connectivity index (χ3v) is 3.79. The molecule has 1 aliphatic rings.